The van der Waals surface area contributed by atoms with Crippen molar-refractivity contribution in [3.63, 3.8) is 0 Å². The first kappa shape index (κ1) is 31.0. The molecule has 0 radical (unpaired) electrons. The monoisotopic (exact) mass is 532 g/mol. The van der Waals surface area contributed by atoms with Crippen molar-refractivity contribution < 1.29 is 19.2 Å². The van der Waals surface area contributed by atoms with Gasteiger partial charge in [0, 0.05) is 42.4 Å². The molecule has 0 fully saturated rings. The summed E-state index contributed by atoms with van der Waals surface area (Å²) in [6.07, 6.45) is 1.08. The molecule has 0 saturated carbocycles. The molecule has 0 aromatic heterocycles. The van der Waals surface area contributed by atoms with E-state index in [9.17, 15) is 19.2 Å². The van der Waals surface area contributed by atoms with Crippen LogP contribution in [0.4, 0.5) is 5.69 Å². The third-order valence-corrected chi connectivity index (χ3v) is 5.44. The molecule has 3 aromatic rings. The van der Waals surface area contributed by atoms with Gasteiger partial charge in [0.25, 0.3) is 0 Å². The number of carbonyl (C=O) groups is 4. The Morgan fingerprint density at radius 3 is 2.08 bits per heavy atom. The molecule has 208 valence electrons. The SMILES string of the molecule is CC(=O)NC(C)(C)C.CC(CC(=O)Nc1cccc2ccccc12)NC(=O)CNC(=O)CCc1ccccc1. The third-order valence-electron chi connectivity index (χ3n) is 5.44. The summed E-state index contributed by atoms with van der Waals surface area (Å²) in [6, 6.07) is 22.9. The Kier molecular flexibility index (Phi) is 12.1. The van der Waals surface area contributed by atoms with Gasteiger partial charge in [-0.3, -0.25) is 19.2 Å². The summed E-state index contributed by atoms with van der Waals surface area (Å²) >= 11 is 0. The maximum absolute atomic E-state index is 12.4. The van der Waals surface area contributed by atoms with E-state index in [1.54, 1.807) is 6.92 Å². The number of nitrogens with one attached hydrogen (secondary N) is 4. The van der Waals surface area contributed by atoms with Crippen LogP contribution in [0.25, 0.3) is 10.8 Å². The summed E-state index contributed by atoms with van der Waals surface area (Å²) in [6.45, 7) is 9.03. The molecule has 1 atom stereocenters. The zero-order chi connectivity index (χ0) is 28.8. The van der Waals surface area contributed by atoms with Gasteiger partial charge in [-0.25, -0.2) is 0 Å². The second-order valence-corrected chi connectivity index (χ2v) is 10.4. The zero-order valence-corrected chi connectivity index (χ0v) is 23.5. The number of anilines is 1. The first-order valence-corrected chi connectivity index (χ1v) is 13.1. The largest absolute Gasteiger partial charge is 0.352 e. The van der Waals surface area contributed by atoms with Crippen molar-refractivity contribution in [1.82, 2.24) is 16.0 Å². The van der Waals surface area contributed by atoms with Crippen molar-refractivity contribution in [1.29, 1.82) is 0 Å². The fraction of sp³-hybridized carbons (Fsp3) is 0.355. The Bertz CT molecular complexity index is 1250. The van der Waals surface area contributed by atoms with Gasteiger partial charge in [-0.05, 0) is 51.1 Å². The van der Waals surface area contributed by atoms with Crippen LogP contribution < -0.4 is 21.3 Å². The van der Waals surface area contributed by atoms with E-state index >= 15 is 0 Å². The minimum atomic E-state index is -0.358. The lowest BCUT2D eigenvalue weighted by atomic mass is 10.1. The highest BCUT2D eigenvalue weighted by molar-refractivity contribution is 6.02. The maximum Gasteiger partial charge on any atom is 0.239 e. The molecule has 8 nitrogen and oxygen atoms in total. The lowest BCUT2D eigenvalue weighted by Crippen LogP contribution is -2.42. The predicted molar refractivity (Wildman–Crippen MR) is 156 cm³/mol. The van der Waals surface area contributed by atoms with Gasteiger partial charge in [-0.15, -0.1) is 0 Å². The van der Waals surface area contributed by atoms with Crippen LogP contribution in [0.5, 0.6) is 0 Å². The van der Waals surface area contributed by atoms with Gasteiger partial charge in [0.15, 0.2) is 0 Å². The van der Waals surface area contributed by atoms with E-state index in [2.05, 4.69) is 21.3 Å². The number of rotatable bonds is 9. The van der Waals surface area contributed by atoms with Crippen LogP contribution in [0.2, 0.25) is 0 Å². The Balaban J connectivity index is 0.000000580. The zero-order valence-electron chi connectivity index (χ0n) is 23.5. The van der Waals surface area contributed by atoms with Crippen molar-refractivity contribution in [3.8, 4) is 0 Å². The van der Waals surface area contributed by atoms with Crippen LogP contribution in [0.3, 0.4) is 0 Å². The Hall–Kier alpha value is -4.20. The van der Waals surface area contributed by atoms with Crippen LogP contribution in [-0.4, -0.2) is 41.8 Å². The van der Waals surface area contributed by atoms with Crippen molar-refractivity contribution in [2.75, 3.05) is 11.9 Å². The van der Waals surface area contributed by atoms with Crippen molar-refractivity contribution in [2.45, 2.75) is 65.5 Å². The number of benzene rings is 3. The van der Waals surface area contributed by atoms with Gasteiger partial charge >= 0.3 is 0 Å². The molecular formula is C31H40N4O4. The highest BCUT2D eigenvalue weighted by Gasteiger charge is 2.14. The maximum atomic E-state index is 12.4. The number of hydrogen-bond acceptors (Lipinski definition) is 4. The molecule has 0 heterocycles. The third kappa shape index (κ3) is 12.7. The van der Waals surface area contributed by atoms with Crippen LogP contribution in [0.1, 0.15) is 53.0 Å². The number of aryl methyl sites for hydroxylation is 1. The molecule has 0 aliphatic carbocycles. The first-order chi connectivity index (χ1) is 18.4. The number of carbonyl (C=O) groups excluding carboxylic acids is 4. The molecule has 0 aliphatic heterocycles. The minimum absolute atomic E-state index is 0.0255. The standard InChI is InChI=1S/C25H27N3O3.C6H13NO/c1-18(16-24(30)28-22-13-7-11-20-10-5-6-12-21(20)22)27-25(31)17-26-23(29)15-14-19-8-3-2-4-9-19;1-5(8)7-6(2,3)4/h2-13,18H,14-17H2,1H3,(H,26,29)(H,27,31)(H,28,30);1-4H3,(H,7,8). The van der Waals surface area contributed by atoms with Gasteiger partial charge in [-0.2, -0.15) is 0 Å². The molecule has 39 heavy (non-hydrogen) atoms. The molecule has 0 bridgehead atoms. The Morgan fingerprint density at radius 2 is 1.44 bits per heavy atom. The molecule has 1 unspecified atom stereocenters. The summed E-state index contributed by atoms with van der Waals surface area (Å²) < 4.78 is 0. The van der Waals surface area contributed by atoms with Crippen LogP contribution in [-0.2, 0) is 25.6 Å². The summed E-state index contributed by atoms with van der Waals surface area (Å²) in [4.78, 5) is 46.8. The van der Waals surface area contributed by atoms with Crippen LogP contribution >= 0.6 is 0 Å². The van der Waals surface area contributed by atoms with E-state index in [4.69, 9.17) is 0 Å². The average molecular weight is 533 g/mol. The van der Waals surface area contributed by atoms with E-state index in [1.807, 2.05) is 93.6 Å². The van der Waals surface area contributed by atoms with Gasteiger partial charge in [0.2, 0.25) is 23.6 Å². The topological polar surface area (TPSA) is 116 Å². The minimum Gasteiger partial charge on any atom is -0.352 e. The van der Waals surface area contributed by atoms with E-state index in [0.29, 0.717) is 12.8 Å². The fourth-order valence-electron chi connectivity index (χ4n) is 3.89. The number of amides is 4. The van der Waals surface area contributed by atoms with E-state index in [0.717, 1.165) is 22.0 Å². The van der Waals surface area contributed by atoms with Crippen LogP contribution in [0.15, 0.2) is 72.8 Å². The van der Waals surface area contributed by atoms with E-state index < -0.39 is 0 Å². The molecule has 4 amide bonds. The highest BCUT2D eigenvalue weighted by atomic mass is 16.2. The summed E-state index contributed by atoms with van der Waals surface area (Å²) in [5.74, 6) is -0.660. The van der Waals surface area contributed by atoms with E-state index in [1.165, 1.54) is 6.92 Å². The normalized spacial score (nSPS) is 11.4. The Labute approximate surface area is 230 Å². The first-order valence-electron chi connectivity index (χ1n) is 13.1. The fourth-order valence-corrected chi connectivity index (χ4v) is 3.89. The molecule has 3 rings (SSSR count). The van der Waals surface area contributed by atoms with Crippen molar-refractivity contribution >= 4 is 40.1 Å². The Morgan fingerprint density at radius 1 is 0.795 bits per heavy atom. The molecule has 0 aliphatic rings. The molecule has 3 aromatic carbocycles. The highest BCUT2D eigenvalue weighted by Crippen LogP contribution is 2.23. The van der Waals surface area contributed by atoms with Gasteiger partial charge < -0.3 is 21.3 Å². The molecular weight excluding hydrogens is 492 g/mol. The van der Waals surface area contributed by atoms with Gasteiger partial charge in [-0.1, -0.05) is 66.7 Å². The van der Waals surface area contributed by atoms with Crippen molar-refractivity contribution in [3.05, 3.63) is 78.4 Å². The molecule has 8 heteroatoms. The van der Waals surface area contributed by atoms with Gasteiger partial charge in [0.05, 0.1) is 6.54 Å². The quantitative estimate of drug-likeness (QED) is 0.328. The molecule has 0 saturated heterocycles. The lowest BCUT2D eigenvalue weighted by molar-refractivity contribution is -0.126. The average Bonchev–Trinajstić information content (AvgIpc) is 2.86. The molecule has 0 spiro atoms. The van der Waals surface area contributed by atoms with E-state index in [-0.39, 0.29) is 48.2 Å². The second-order valence-electron chi connectivity index (χ2n) is 10.4. The van der Waals surface area contributed by atoms with Crippen LogP contribution in [0, 0.1) is 0 Å². The van der Waals surface area contributed by atoms with Gasteiger partial charge in [0.1, 0.15) is 0 Å². The van der Waals surface area contributed by atoms with Crippen molar-refractivity contribution in [2.24, 2.45) is 0 Å². The lowest BCUT2D eigenvalue weighted by Gasteiger charge is -2.18. The summed E-state index contributed by atoms with van der Waals surface area (Å²) in [7, 11) is 0. The number of hydrogen-bond donors (Lipinski definition) is 4. The predicted octanol–water partition coefficient (Wildman–Crippen LogP) is 4.34. The molecule has 4 N–H and O–H groups in total. The summed E-state index contributed by atoms with van der Waals surface area (Å²) in [5.41, 5.74) is 1.74. The number of fused-ring (bicyclic) bond motifs is 1. The second kappa shape index (κ2) is 15.3. The smallest absolute Gasteiger partial charge is 0.239 e. The summed E-state index contributed by atoms with van der Waals surface area (Å²) in [5, 5.41) is 13.0.